The second-order valence-electron chi connectivity index (χ2n) is 4.65. The molecule has 1 aromatic heterocycles. The van der Waals surface area contributed by atoms with Gasteiger partial charge < -0.3 is 19.7 Å². The Bertz CT molecular complexity index is 393. The number of rotatable bonds is 6. The van der Waals surface area contributed by atoms with Gasteiger partial charge in [0, 0.05) is 33.2 Å². The summed E-state index contributed by atoms with van der Waals surface area (Å²) in [6, 6.07) is -0.206. The van der Waals surface area contributed by atoms with Gasteiger partial charge in [-0.05, 0) is 18.4 Å². The normalized spacial score (nSPS) is 20.4. The van der Waals surface area contributed by atoms with Crippen LogP contribution in [-0.2, 0) is 15.1 Å². The predicted molar refractivity (Wildman–Crippen MR) is 73.0 cm³/mol. The molecule has 6 nitrogen and oxygen atoms in total. The average Bonchev–Trinajstić information content (AvgIpc) is 2.96. The number of thioether (sulfide) groups is 1. The van der Waals surface area contributed by atoms with E-state index in [2.05, 4.69) is 10.1 Å². The Balaban J connectivity index is 2.10. The fourth-order valence-electron chi connectivity index (χ4n) is 2.16. The van der Waals surface area contributed by atoms with Crippen LogP contribution in [0.3, 0.4) is 0 Å². The molecular weight excluding hydrogens is 266 g/mol. The van der Waals surface area contributed by atoms with E-state index in [0.717, 1.165) is 25.0 Å². The number of hydrogen-bond donors (Lipinski definition) is 1. The zero-order valence-corrected chi connectivity index (χ0v) is 12.2. The first-order chi connectivity index (χ1) is 9.22. The van der Waals surface area contributed by atoms with Crippen LogP contribution in [0, 0.1) is 0 Å². The lowest BCUT2D eigenvalue weighted by Crippen LogP contribution is -2.36. The van der Waals surface area contributed by atoms with E-state index >= 15 is 0 Å². The van der Waals surface area contributed by atoms with Crippen LogP contribution < -0.4 is 5.73 Å². The molecule has 0 saturated carbocycles. The number of hydrogen-bond acceptors (Lipinski definition) is 7. The zero-order chi connectivity index (χ0) is 13.7. The first kappa shape index (κ1) is 14.8. The highest BCUT2D eigenvalue weighted by atomic mass is 32.2. The summed E-state index contributed by atoms with van der Waals surface area (Å²) in [4.78, 5) is 4.44. The van der Waals surface area contributed by atoms with Gasteiger partial charge in [-0.2, -0.15) is 16.7 Å². The predicted octanol–water partition coefficient (Wildman–Crippen LogP) is 1.47. The van der Waals surface area contributed by atoms with Crippen LogP contribution in [0.1, 0.15) is 37.0 Å². The molecule has 2 N–H and O–H groups in total. The Morgan fingerprint density at radius 2 is 2.21 bits per heavy atom. The Morgan fingerprint density at radius 3 is 2.84 bits per heavy atom. The molecule has 1 aromatic rings. The molecule has 0 aliphatic carbocycles. The third kappa shape index (κ3) is 3.28. The summed E-state index contributed by atoms with van der Waals surface area (Å²) in [6.45, 7) is 1.30. The highest BCUT2D eigenvalue weighted by Crippen LogP contribution is 2.34. The molecule has 2 heterocycles. The van der Waals surface area contributed by atoms with E-state index in [1.807, 2.05) is 6.26 Å². The summed E-state index contributed by atoms with van der Waals surface area (Å²) >= 11 is 1.75. The van der Waals surface area contributed by atoms with Crippen molar-refractivity contribution >= 4 is 11.8 Å². The van der Waals surface area contributed by atoms with Crippen molar-refractivity contribution in [2.45, 2.75) is 30.9 Å². The molecule has 1 saturated heterocycles. The molecule has 19 heavy (non-hydrogen) atoms. The molecule has 0 bridgehead atoms. The van der Waals surface area contributed by atoms with Gasteiger partial charge >= 0.3 is 0 Å². The highest BCUT2D eigenvalue weighted by molar-refractivity contribution is 7.98. The molecule has 1 aliphatic rings. The lowest BCUT2D eigenvalue weighted by atomic mass is 9.93. The Kier molecular flexibility index (Phi) is 5.20. The van der Waals surface area contributed by atoms with Crippen LogP contribution in [0.15, 0.2) is 4.52 Å². The fourth-order valence-corrected chi connectivity index (χ4v) is 2.65. The van der Waals surface area contributed by atoms with E-state index in [1.165, 1.54) is 0 Å². The molecule has 1 atom stereocenters. The summed E-state index contributed by atoms with van der Waals surface area (Å²) in [5, 5.41) is 4.06. The Hall–Kier alpha value is -0.630. The van der Waals surface area contributed by atoms with Crippen molar-refractivity contribution in [1.82, 2.24) is 10.1 Å². The minimum absolute atomic E-state index is 0.206. The van der Waals surface area contributed by atoms with Gasteiger partial charge in [0.1, 0.15) is 5.60 Å². The van der Waals surface area contributed by atoms with Gasteiger partial charge in [-0.1, -0.05) is 5.16 Å². The second kappa shape index (κ2) is 6.69. The van der Waals surface area contributed by atoms with E-state index in [4.69, 9.17) is 19.7 Å². The lowest BCUT2D eigenvalue weighted by molar-refractivity contribution is -0.101. The standard InChI is InChI=1S/C12H21N3O3S/c1-16-12(4-6-17-7-5-12)11-14-10(18-15-11)9(13)3-8-19-2/h9H,3-8,13H2,1-2H3/t9-/m1/s1. The van der Waals surface area contributed by atoms with Crippen molar-refractivity contribution in [3.05, 3.63) is 11.7 Å². The molecule has 0 aromatic carbocycles. The van der Waals surface area contributed by atoms with E-state index in [-0.39, 0.29) is 6.04 Å². The SMILES string of the molecule is COC1(c2noc([C@H](N)CCSC)n2)CCOCC1. The second-order valence-corrected chi connectivity index (χ2v) is 5.64. The minimum atomic E-state index is -0.487. The number of nitrogens with two attached hydrogens (primary N) is 1. The van der Waals surface area contributed by atoms with Crippen LogP contribution in [0.25, 0.3) is 0 Å². The topological polar surface area (TPSA) is 83.4 Å². The third-order valence-corrected chi connectivity index (χ3v) is 4.13. The van der Waals surface area contributed by atoms with Gasteiger partial charge in [-0.15, -0.1) is 0 Å². The number of methoxy groups -OCH3 is 1. The van der Waals surface area contributed by atoms with E-state index in [1.54, 1.807) is 18.9 Å². The molecule has 108 valence electrons. The molecule has 0 spiro atoms. The van der Waals surface area contributed by atoms with Crippen molar-refractivity contribution in [2.75, 3.05) is 32.3 Å². The number of aromatic nitrogens is 2. The molecule has 0 amide bonds. The molecule has 7 heteroatoms. The summed E-state index contributed by atoms with van der Waals surface area (Å²) < 4.78 is 16.3. The summed E-state index contributed by atoms with van der Waals surface area (Å²) in [7, 11) is 1.68. The number of nitrogens with zero attached hydrogens (tertiary/aromatic N) is 2. The number of ether oxygens (including phenoxy) is 2. The van der Waals surface area contributed by atoms with Crippen LogP contribution in [0.5, 0.6) is 0 Å². The largest absolute Gasteiger partial charge is 0.381 e. The first-order valence-corrected chi connectivity index (χ1v) is 7.83. The maximum absolute atomic E-state index is 6.03. The van der Waals surface area contributed by atoms with Gasteiger partial charge in [-0.3, -0.25) is 0 Å². The van der Waals surface area contributed by atoms with Gasteiger partial charge in [0.25, 0.3) is 0 Å². The summed E-state index contributed by atoms with van der Waals surface area (Å²) in [6.07, 6.45) is 4.35. The fraction of sp³-hybridized carbons (Fsp3) is 0.833. The van der Waals surface area contributed by atoms with Crippen LogP contribution in [0.4, 0.5) is 0 Å². The summed E-state index contributed by atoms with van der Waals surface area (Å²) in [5.41, 5.74) is 5.55. The average molecular weight is 287 g/mol. The zero-order valence-electron chi connectivity index (χ0n) is 11.4. The van der Waals surface area contributed by atoms with Crippen molar-refractivity contribution in [3.63, 3.8) is 0 Å². The maximum atomic E-state index is 6.03. The van der Waals surface area contributed by atoms with Crippen molar-refractivity contribution in [2.24, 2.45) is 5.73 Å². The third-order valence-electron chi connectivity index (χ3n) is 3.49. The van der Waals surface area contributed by atoms with Crippen LogP contribution in [0.2, 0.25) is 0 Å². The molecular formula is C12H21N3O3S. The van der Waals surface area contributed by atoms with Gasteiger partial charge in [0.15, 0.2) is 0 Å². The van der Waals surface area contributed by atoms with Crippen molar-refractivity contribution in [1.29, 1.82) is 0 Å². The Labute approximate surface area is 117 Å². The molecule has 0 unspecified atom stereocenters. The smallest absolute Gasteiger partial charge is 0.243 e. The van der Waals surface area contributed by atoms with Crippen molar-refractivity contribution < 1.29 is 14.0 Å². The molecule has 2 rings (SSSR count). The van der Waals surface area contributed by atoms with Crippen molar-refractivity contribution in [3.8, 4) is 0 Å². The van der Waals surface area contributed by atoms with E-state index in [9.17, 15) is 0 Å². The van der Waals surface area contributed by atoms with Gasteiger partial charge in [0.2, 0.25) is 11.7 Å². The molecule has 1 fully saturated rings. The molecule has 0 radical (unpaired) electrons. The maximum Gasteiger partial charge on any atom is 0.243 e. The lowest BCUT2D eigenvalue weighted by Gasteiger charge is -2.32. The van der Waals surface area contributed by atoms with Crippen LogP contribution in [-0.4, -0.2) is 42.5 Å². The highest BCUT2D eigenvalue weighted by Gasteiger charge is 2.39. The van der Waals surface area contributed by atoms with Gasteiger partial charge in [0.05, 0.1) is 6.04 Å². The monoisotopic (exact) mass is 287 g/mol. The van der Waals surface area contributed by atoms with Crippen LogP contribution >= 0.6 is 11.8 Å². The van der Waals surface area contributed by atoms with E-state index < -0.39 is 5.60 Å². The minimum Gasteiger partial charge on any atom is -0.381 e. The molecule has 1 aliphatic heterocycles. The quantitative estimate of drug-likeness (QED) is 0.848. The summed E-state index contributed by atoms with van der Waals surface area (Å²) in [5.74, 6) is 2.06. The first-order valence-electron chi connectivity index (χ1n) is 6.43. The van der Waals surface area contributed by atoms with E-state index in [0.29, 0.717) is 24.9 Å². The Morgan fingerprint density at radius 1 is 1.47 bits per heavy atom. The van der Waals surface area contributed by atoms with Gasteiger partial charge in [-0.25, -0.2) is 0 Å².